The lowest BCUT2D eigenvalue weighted by atomic mass is 9.95. The first-order chi connectivity index (χ1) is 18.0. The molecule has 4 aromatic rings. The summed E-state index contributed by atoms with van der Waals surface area (Å²) in [6, 6.07) is 24.9. The first-order valence-electron chi connectivity index (χ1n) is 12.8. The van der Waals surface area contributed by atoms with E-state index in [-0.39, 0.29) is 17.8 Å². The average Bonchev–Trinajstić information content (AvgIpc) is 3.27. The minimum absolute atomic E-state index is 0.00371. The van der Waals surface area contributed by atoms with Gasteiger partial charge in [-0.3, -0.25) is 9.59 Å². The van der Waals surface area contributed by atoms with Gasteiger partial charge in [-0.15, -0.1) is 0 Å². The molecule has 1 fully saturated rings. The molecule has 7 heteroatoms. The highest BCUT2D eigenvalue weighted by molar-refractivity contribution is 6.30. The molecule has 37 heavy (non-hydrogen) atoms. The van der Waals surface area contributed by atoms with Gasteiger partial charge in [0.15, 0.2) is 0 Å². The van der Waals surface area contributed by atoms with Gasteiger partial charge in [-0.2, -0.15) is 0 Å². The van der Waals surface area contributed by atoms with Crippen molar-refractivity contribution >= 4 is 34.5 Å². The number of halogens is 1. The minimum atomic E-state index is -0.582. The zero-order valence-corrected chi connectivity index (χ0v) is 21.6. The zero-order chi connectivity index (χ0) is 25.8. The molecule has 190 valence electrons. The van der Waals surface area contributed by atoms with Crippen LogP contribution in [0.2, 0.25) is 5.02 Å². The Bertz CT molecular complexity index is 1390. The number of fused-ring (bicyclic) bond motifs is 1. The number of carbonyl (C=O) groups is 2. The smallest absolute Gasteiger partial charge is 0.309 e. The van der Waals surface area contributed by atoms with Crippen molar-refractivity contribution in [3.63, 3.8) is 0 Å². The van der Waals surface area contributed by atoms with Crippen LogP contribution in [0.3, 0.4) is 0 Å². The standard InChI is InChI=1S/C30H30ClN3O3/c1-2-37-30(36)23-15-17-33(18-16-23)29(35)28(22-10-4-3-5-11-22)34-26-14-7-6-13-25(26)32-27(34)20-21-9-8-12-24(31)19-21/h3-14,19,23,28H,2,15-18,20H2,1H3/t28-/m1/s1. The van der Waals surface area contributed by atoms with E-state index in [4.69, 9.17) is 21.3 Å². The number of carbonyl (C=O) groups excluding carboxylic acids is 2. The summed E-state index contributed by atoms with van der Waals surface area (Å²) in [6.45, 7) is 3.22. The third-order valence-electron chi connectivity index (χ3n) is 6.95. The number of hydrogen-bond acceptors (Lipinski definition) is 4. The maximum absolute atomic E-state index is 14.2. The predicted octanol–water partition coefficient (Wildman–Crippen LogP) is 5.67. The van der Waals surface area contributed by atoms with Crippen LogP contribution in [-0.4, -0.2) is 46.0 Å². The van der Waals surface area contributed by atoms with Crippen molar-refractivity contribution in [1.29, 1.82) is 0 Å². The minimum Gasteiger partial charge on any atom is -0.466 e. The van der Waals surface area contributed by atoms with Crippen molar-refractivity contribution in [3.05, 3.63) is 101 Å². The van der Waals surface area contributed by atoms with Crippen LogP contribution in [0.25, 0.3) is 11.0 Å². The first-order valence-corrected chi connectivity index (χ1v) is 13.1. The number of benzene rings is 3. The van der Waals surface area contributed by atoms with E-state index in [0.717, 1.165) is 28.0 Å². The van der Waals surface area contributed by atoms with E-state index in [9.17, 15) is 9.59 Å². The first kappa shape index (κ1) is 25.0. The van der Waals surface area contributed by atoms with Gasteiger partial charge in [0.1, 0.15) is 11.9 Å². The summed E-state index contributed by atoms with van der Waals surface area (Å²) in [6.07, 6.45) is 1.75. The Hall–Kier alpha value is -3.64. The second-order valence-electron chi connectivity index (χ2n) is 9.36. The van der Waals surface area contributed by atoms with Crippen molar-refractivity contribution in [2.75, 3.05) is 19.7 Å². The normalized spacial score (nSPS) is 15.0. The Balaban J connectivity index is 1.54. The number of ether oxygens (including phenoxy) is 1. The maximum atomic E-state index is 14.2. The fourth-order valence-electron chi connectivity index (χ4n) is 5.14. The number of piperidine rings is 1. The molecule has 1 saturated heterocycles. The zero-order valence-electron chi connectivity index (χ0n) is 20.8. The third kappa shape index (κ3) is 5.39. The molecular weight excluding hydrogens is 486 g/mol. The van der Waals surface area contributed by atoms with E-state index in [2.05, 4.69) is 4.57 Å². The average molecular weight is 516 g/mol. The van der Waals surface area contributed by atoms with Crippen molar-refractivity contribution in [1.82, 2.24) is 14.5 Å². The highest BCUT2D eigenvalue weighted by atomic mass is 35.5. The molecule has 1 aliphatic rings. The van der Waals surface area contributed by atoms with Crippen LogP contribution < -0.4 is 0 Å². The monoisotopic (exact) mass is 515 g/mol. The second kappa shape index (κ2) is 11.2. The number of aromatic nitrogens is 2. The molecule has 1 aliphatic heterocycles. The largest absolute Gasteiger partial charge is 0.466 e. The number of hydrogen-bond donors (Lipinski definition) is 0. The molecule has 1 aromatic heterocycles. The molecule has 1 atom stereocenters. The van der Waals surface area contributed by atoms with Gasteiger partial charge in [0.25, 0.3) is 0 Å². The van der Waals surface area contributed by atoms with E-state index in [1.165, 1.54) is 0 Å². The second-order valence-corrected chi connectivity index (χ2v) is 9.79. The van der Waals surface area contributed by atoms with Crippen LogP contribution in [0.5, 0.6) is 0 Å². The van der Waals surface area contributed by atoms with Crippen LogP contribution >= 0.6 is 11.6 Å². The predicted molar refractivity (Wildman–Crippen MR) is 145 cm³/mol. The maximum Gasteiger partial charge on any atom is 0.309 e. The van der Waals surface area contributed by atoms with Crippen molar-refractivity contribution in [3.8, 4) is 0 Å². The summed E-state index contributed by atoms with van der Waals surface area (Å²) in [5.41, 5.74) is 3.67. The SMILES string of the molecule is CCOC(=O)C1CCN(C(=O)[C@@H](c2ccccc2)n2c(Cc3cccc(Cl)c3)nc3ccccc32)CC1. The summed E-state index contributed by atoms with van der Waals surface area (Å²) in [7, 11) is 0. The van der Waals surface area contributed by atoms with Crippen LogP contribution in [0.15, 0.2) is 78.9 Å². The molecule has 0 aliphatic carbocycles. The molecule has 0 spiro atoms. The van der Waals surface area contributed by atoms with E-state index < -0.39 is 6.04 Å². The van der Waals surface area contributed by atoms with Gasteiger partial charge in [-0.1, -0.05) is 66.2 Å². The van der Waals surface area contributed by atoms with Gasteiger partial charge in [0.05, 0.1) is 23.6 Å². The molecule has 0 bridgehead atoms. The lowest BCUT2D eigenvalue weighted by Gasteiger charge is -2.34. The number of nitrogens with zero attached hydrogens (tertiary/aromatic N) is 3. The molecule has 3 aromatic carbocycles. The third-order valence-corrected chi connectivity index (χ3v) is 7.19. The Morgan fingerprint density at radius 1 is 1.00 bits per heavy atom. The lowest BCUT2D eigenvalue weighted by Crippen LogP contribution is -2.44. The highest BCUT2D eigenvalue weighted by Crippen LogP contribution is 2.31. The van der Waals surface area contributed by atoms with Gasteiger partial charge >= 0.3 is 5.97 Å². The van der Waals surface area contributed by atoms with E-state index in [1.54, 1.807) is 0 Å². The van der Waals surface area contributed by atoms with Crippen LogP contribution in [-0.2, 0) is 20.7 Å². The van der Waals surface area contributed by atoms with E-state index in [0.29, 0.717) is 44.0 Å². The quantitative estimate of drug-likeness (QED) is 0.297. The fraction of sp³-hybridized carbons (Fsp3) is 0.300. The summed E-state index contributed by atoms with van der Waals surface area (Å²) in [5.74, 6) is 0.473. The topological polar surface area (TPSA) is 64.4 Å². The summed E-state index contributed by atoms with van der Waals surface area (Å²) in [5, 5.41) is 0.667. The van der Waals surface area contributed by atoms with Crippen LogP contribution in [0.1, 0.15) is 42.8 Å². The van der Waals surface area contributed by atoms with Crippen molar-refractivity contribution in [2.24, 2.45) is 5.92 Å². The van der Waals surface area contributed by atoms with E-state index >= 15 is 0 Å². The molecular formula is C30H30ClN3O3. The number of esters is 1. The molecule has 5 rings (SSSR count). The van der Waals surface area contributed by atoms with Gasteiger partial charge in [-0.25, -0.2) is 4.98 Å². The number of amides is 1. The van der Waals surface area contributed by atoms with Gasteiger partial charge in [-0.05, 0) is 55.2 Å². The Morgan fingerprint density at radius 2 is 1.73 bits per heavy atom. The molecule has 0 saturated carbocycles. The van der Waals surface area contributed by atoms with Gasteiger partial charge in [0.2, 0.25) is 5.91 Å². The summed E-state index contributed by atoms with van der Waals surface area (Å²) < 4.78 is 7.29. The summed E-state index contributed by atoms with van der Waals surface area (Å²) >= 11 is 6.27. The van der Waals surface area contributed by atoms with Crippen molar-refractivity contribution < 1.29 is 14.3 Å². The molecule has 0 radical (unpaired) electrons. The highest BCUT2D eigenvalue weighted by Gasteiger charge is 2.34. The number of para-hydroxylation sites is 2. The molecule has 0 N–H and O–H groups in total. The van der Waals surface area contributed by atoms with Crippen molar-refractivity contribution in [2.45, 2.75) is 32.2 Å². The molecule has 0 unspecified atom stereocenters. The fourth-order valence-corrected chi connectivity index (χ4v) is 5.36. The molecule has 1 amide bonds. The van der Waals surface area contributed by atoms with E-state index in [1.807, 2.05) is 90.7 Å². The molecule has 2 heterocycles. The van der Waals surface area contributed by atoms with Crippen LogP contribution in [0, 0.1) is 5.92 Å². The Morgan fingerprint density at radius 3 is 2.46 bits per heavy atom. The van der Waals surface area contributed by atoms with Gasteiger partial charge < -0.3 is 14.2 Å². The summed E-state index contributed by atoms with van der Waals surface area (Å²) in [4.78, 5) is 33.3. The lowest BCUT2D eigenvalue weighted by molar-refractivity contribution is -0.151. The number of rotatable bonds is 7. The molecule has 6 nitrogen and oxygen atoms in total. The van der Waals surface area contributed by atoms with Gasteiger partial charge in [0, 0.05) is 24.5 Å². The number of likely N-dealkylation sites (tertiary alicyclic amines) is 1. The number of imidazole rings is 1. The van der Waals surface area contributed by atoms with Crippen LogP contribution in [0.4, 0.5) is 0 Å². The Labute approximate surface area is 221 Å². The Kier molecular flexibility index (Phi) is 7.56.